The molecule has 0 bridgehead atoms. The number of anilines is 2. The van der Waals surface area contributed by atoms with Gasteiger partial charge in [-0.25, -0.2) is 0 Å². The number of phenolic OH excluding ortho intramolecular Hbond substituents is 1. The fourth-order valence-corrected chi connectivity index (χ4v) is 3.23. The molecular weight excluding hydrogens is 395 g/mol. The highest BCUT2D eigenvalue weighted by atomic mass is 35.5. The topological polar surface area (TPSA) is 55.8 Å². The van der Waals surface area contributed by atoms with Crippen molar-refractivity contribution in [1.82, 2.24) is 4.90 Å². The van der Waals surface area contributed by atoms with E-state index in [1.807, 2.05) is 21.9 Å². The van der Waals surface area contributed by atoms with Crippen molar-refractivity contribution in [2.75, 3.05) is 42.9 Å². The second kappa shape index (κ2) is 8.28. The quantitative estimate of drug-likeness (QED) is 0.800. The first-order chi connectivity index (χ1) is 13.2. The summed E-state index contributed by atoms with van der Waals surface area (Å²) in [6.45, 7) is 2.45. The Kier molecular flexibility index (Phi) is 6.00. The Labute approximate surface area is 165 Å². The fraction of sp³-hybridized carbons (Fsp3) is 0.316. The van der Waals surface area contributed by atoms with Gasteiger partial charge in [-0.2, -0.15) is 13.2 Å². The molecule has 0 saturated carbocycles. The maximum absolute atomic E-state index is 12.8. The molecule has 1 aliphatic rings. The molecule has 0 atom stereocenters. The lowest BCUT2D eigenvalue weighted by atomic mass is 10.2. The molecule has 5 nitrogen and oxygen atoms in total. The molecule has 0 aliphatic carbocycles. The summed E-state index contributed by atoms with van der Waals surface area (Å²) in [6, 6.07) is 9.85. The van der Waals surface area contributed by atoms with E-state index < -0.39 is 17.6 Å². The summed E-state index contributed by atoms with van der Waals surface area (Å²) in [7, 11) is 0. The standard InChI is InChI=1S/C19H19ClF3N3O2/c20-14-6-5-13(19(21,22)23)11-15(14)24-18(28)12-25-7-9-26(10-8-25)16-3-1-2-4-17(16)27/h1-6,11,27H,7-10,12H2,(H,24,28). The van der Waals surface area contributed by atoms with E-state index >= 15 is 0 Å². The van der Waals surface area contributed by atoms with E-state index in [0.717, 1.165) is 23.9 Å². The summed E-state index contributed by atoms with van der Waals surface area (Å²) >= 11 is 5.91. The summed E-state index contributed by atoms with van der Waals surface area (Å²) in [6.07, 6.45) is -4.51. The van der Waals surface area contributed by atoms with Gasteiger partial charge in [0.1, 0.15) is 5.75 Å². The molecule has 0 aromatic heterocycles. The molecular formula is C19H19ClF3N3O2. The van der Waals surface area contributed by atoms with Crippen LogP contribution in [0, 0.1) is 0 Å². The monoisotopic (exact) mass is 413 g/mol. The Hall–Kier alpha value is -2.45. The number of nitrogens with one attached hydrogen (secondary N) is 1. The van der Waals surface area contributed by atoms with Gasteiger partial charge in [-0.1, -0.05) is 23.7 Å². The third kappa shape index (κ3) is 4.88. The van der Waals surface area contributed by atoms with E-state index in [1.165, 1.54) is 0 Å². The number of benzene rings is 2. The first kappa shape index (κ1) is 20.3. The van der Waals surface area contributed by atoms with Crippen LogP contribution in [0.1, 0.15) is 5.56 Å². The molecule has 1 amide bonds. The number of carbonyl (C=O) groups excluding carboxylic acids is 1. The molecule has 1 aliphatic heterocycles. The third-order valence-corrected chi connectivity index (χ3v) is 4.86. The first-order valence-corrected chi connectivity index (χ1v) is 9.04. The smallest absolute Gasteiger partial charge is 0.416 e. The summed E-state index contributed by atoms with van der Waals surface area (Å²) < 4.78 is 38.5. The number of aromatic hydroxyl groups is 1. The highest BCUT2D eigenvalue weighted by Crippen LogP contribution is 2.34. The minimum atomic E-state index is -4.51. The van der Waals surface area contributed by atoms with Gasteiger partial charge < -0.3 is 15.3 Å². The Morgan fingerprint density at radius 3 is 2.43 bits per heavy atom. The maximum Gasteiger partial charge on any atom is 0.416 e. The van der Waals surface area contributed by atoms with Gasteiger partial charge in [-0.3, -0.25) is 9.69 Å². The number of para-hydroxylation sites is 2. The molecule has 1 saturated heterocycles. The normalized spacial score (nSPS) is 15.5. The lowest BCUT2D eigenvalue weighted by Crippen LogP contribution is -2.48. The zero-order chi connectivity index (χ0) is 20.3. The first-order valence-electron chi connectivity index (χ1n) is 8.66. The Morgan fingerprint density at radius 2 is 1.79 bits per heavy atom. The van der Waals surface area contributed by atoms with Crippen molar-refractivity contribution >= 4 is 28.9 Å². The van der Waals surface area contributed by atoms with Crippen molar-refractivity contribution < 1.29 is 23.1 Å². The van der Waals surface area contributed by atoms with E-state index in [9.17, 15) is 23.1 Å². The summed E-state index contributed by atoms with van der Waals surface area (Å²) in [5.41, 5.74) is -0.194. The van der Waals surface area contributed by atoms with Crippen LogP contribution in [0.3, 0.4) is 0 Å². The van der Waals surface area contributed by atoms with Crippen LogP contribution in [-0.2, 0) is 11.0 Å². The van der Waals surface area contributed by atoms with Gasteiger partial charge in [0.2, 0.25) is 5.91 Å². The van der Waals surface area contributed by atoms with Crippen molar-refractivity contribution in [3.8, 4) is 5.75 Å². The second-order valence-corrected chi connectivity index (χ2v) is 6.90. The minimum absolute atomic E-state index is 0.0428. The van der Waals surface area contributed by atoms with Crippen molar-refractivity contribution in [2.24, 2.45) is 0 Å². The Bertz CT molecular complexity index is 853. The largest absolute Gasteiger partial charge is 0.506 e. The summed E-state index contributed by atoms with van der Waals surface area (Å²) in [4.78, 5) is 16.2. The number of hydrogen-bond donors (Lipinski definition) is 2. The van der Waals surface area contributed by atoms with Crippen LogP contribution in [0.4, 0.5) is 24.5 Å². The highest BCUT2D eigenvalue weighted by molar-refractivity contribution is 6.33. The molecule has 3 rings (SSSR count). The summed E-state index contributed by atoms with van der Waals surface area (Å²) in [5, 5.41) is 12.4. The summed E-state index contributed by atoms with van der Waals surface area (Å²) in [5.74, 6) is -0.231. The molecule has 0 radical (unpaired) electrons. The predicted molar refractivity (Wildman–Crippen MR) is 102 cm³/mol. The number of rotatable bonds is 4. The molecule has 1 fully saturated rings. The van der Waals surface area contributed by atoms with Crippen LogP contribution >= 0.6 is 11.6 Å². The van der Waals surface area contributed by atoms with E-state index in [2.05, 4.69) is 5.32 Å². The number of phenols is 1. The molecule has 150 valence electrons. The maximum atomic E-state index is 12.8. The van der Waals surface area contributed by atoms with Gasteiger partial charge in [-0.05, 0) is 30.3 Å². The average Bonchev–Trinajstić information content (AvgIpc) is 2.64. The number of nitrogens with zero attached hydrogens (tertiary/aromatic N) is 2. The van der Waals surface area contributed by atoms with Crippen LogP contribution in [0.15, 0.2) is 42.5 Å². The van der Waals surface area contributed by atoms with Crippen molar-refractivity contribution in [2.45, 2.75) is 6.18 Å². The lowest BCUT2D eigenvalue weighted by molar-refractivity contribution is -0.137. The zero-order valence-electron chi connectivity index (χ0n) is 14.8. The van der Waals surface area contributed by atoms with Gasteiger partial charge in [0.05, 0.1) is 28.5 Å². The van der Waals surface area contributed by atoms with Gasteiger partial charge >= 0.3 is 6.18 Å². The molecule has 2 aromatic carbocycles. The van der Waals surface area contributed by atoms with Crippen LogP contribution in [0.2, 0.25) is 5.02 Å². The van der Waals surface area contributed by atoms with Gasteiger partial charge in [-0.15, -0.1) is 0 Å². The van der Waals surface area contributed by atoms with E-state index in [-0.39, 0.29) is 23.0 Å². The van der Waals surface area contributed by atoms with E-state index in [4.69, 9.17) is 11.6 Å². The molecule has 2 aromatic rings. The lowest BCUT2D eigenvalue weighted by Gasteiger charge is -2.35. The van der Waals surface area contributed by atoms with Crippen LogP contribution in [0.25, 0.3) is 0 Å². The number of piperazine rings is 1. The SMILES string of the molecule is O=C(CN1CCN(c2ccccc2O)CC1)Nc1cc(C(F)(F)F)ccc1Cl. The number of alkyl halides is 3. The molecule has 0 spiro atoms. The van der Waals surface area contributed by atoms with Crippen molar-refractivity contribution in [3.63, 3.8) is 0 Å². The second-order valence-electron chi connectivity index (χ2n) is 6.49. The zero-order valence-corrected chi connectivity index (χ0v) is 15.6. The molecule has 2 N–H and O–H groups in total. The molecule has 1 heterocycles. The van der Waals surface area contributed by atoms with Crippen LogP contribution in [0.5, 0.6) is 5.75 Å². The Balaban J connectivity index is 1.56. The van der Waals surface area contributed by atoms with Gasteiger partial charge in [0.15, 0.2) is 0 Å². The molecule has 9 heteroatoms. The minimum Gasteiger partial charge on any atom is -0.506 e. The number of amides is 1. The van der Waals surface area contributed by atoms with Gasteiger partial charge in [0.25, 0.3) is 0 Å². The predicted octanol–water partition coefficient (Wildman–Crippen LogP) is 3.83. The van der Waals surface area contributed by atoms with Crippen molar-refractivity contribution in [1.29, 1.82) is 0 Å². The van der Waals surface area contributed by atoms with E-state index in [1.54, 1.807) is 12.1 Å². The number of halogens is 4. The molecule has 0 unspecified atom stereocenters. The number of hydrogen-bond acceptors (Lipinski definition) is 4. The molecule has 28 heavy (non-hydrogen) atoms. The third-order valence-electron chi connectivity index (χ3n) is 4.53. The van der Waals surface area contributed by atoms with Crippen LogP contribution in [-0.4, -0.2) is 48.6 Å². The number of carbonyl (C=O) groups is 1. The highest BCUT2D eigenvalue weighted by Gasteiger charge is 2.31. The van der Waals surface area contributed by atoms with E-state index in [0.29, 0.717) is 26.2 Å². The van der Waals surface area contributed by atoms with Crippen molar-refractivity contribution in [3.05, 3.63) is 53.1 Å². The average molecular weight is 414 g/mol. The van der Waals surface area contributed by atoms with Crippen LogP contribution < -0.4 is 10.2 Å². The Morgan fingerprint density at radius 1 is 1.11 bits per heavy atom. The van der Waals surface area contributed by atoms with Gasteiger partial charge in [0, 0.05) is 26.2 Å². The fourth-order valence-electron chi connectivity index (χ4n) is 3.07.